The quantitative estimate of drug-likeness (QED) is 0.581. The first-order valence-corrected chi connectivity index (χ1v) is 11.2. The van der Waals surface area contributed by atoms with Gasteiger partial charge in [-0.1, -0.05) is 49.4 Å². The van der Waals surface area contributed by atoms with Gasteiger partial charge in [0, 0.05) is 24.4 Å². The van der Waals surface area contributed by atoms with E-state index in [2.05, 4.69) is 5.32 Å². The zero-order valence-corrected chi connectivity index (χ0v) is 19.4. The first-order chi connectivity index (χ1) is 15.2. The van der Waals surface area contributed by atoms with E-state index in [1.807, 2.05) is 58.0 Å². The number of hydrogen-bond donors (Lipinski definition) is 1. The lowest BCUT2D eigenvalue weighted by Crippen LogP contribution is -2.34. The predicted octanol–water partition coefficient (Wildman–Crippen LogP) is 5.45. The summed E-state index contributed by atoms with van der Waals surface area (Å²) in [7, 11) is 0. The second-order valence-corrected chi connectivity index (χ2v) is 9.12. The Balaban J connectivity index is 1.87. The molecule has 3 rings (SSSR count). The Labute approximate surface area is 190 Å². The smallest absolute Gasteiger partial charge is 0.407 e. The molecule has 1 aliphatic heterocycles. The first kappa shape index (κ1) is 23.8. The molecule has 0 aliphatic carbocycles. The van der Waals surface area contributed by atoms with E-state index in [0.29, 0.717) is 30.0 Å². The molecule has 2 atom stereocenters. The van der Waals surface area contributed by atoms with Crippen molar-refractivity contribution in [1.82, 2.24) is 5.32 Å². The summed E-state index contributed by atoms with van der Waals surface area (Å²) >= 11 is 0. The molecular formula is C26H33NO5. The predicted molar refractivity (Wildman–Crippen MR) is 123 cm³/mol. The van der Waals surface area contributed by atoms with Gasteiger partial charge >= 0.3 is 6.09 Å². The molecule has 2 aromatic rings. The molecule has 0 spiro atoms. The molecule has 6 nitrogen and oxygen atoms in total. The van der Waals surface area contributed by atoms with Crippen LogP contribution in [0.15, 0.2) is 48.5 Å². The second kappa shape index (κ2) is 10.6. The number of ketones is 1. The highest BCUT2D eigenvalue weighted by atomic mass is 16.7. The molecule has 1 aliphatic rings. The minimum Gasteiger partial charge on any atom is -0.464 e. The molecule has 172 valence electrons. The van der Waals surface area contributed by atoms with E-state index in [-0.39, 0.29) is 11.7 Å². The molecule has 0 radical (unpaired) electrons. The summed E-state index contributed by atoms with van der Waals surface area (Å²) in [4.78, 5) is 25.4. The van der Waals surface area contributed by atoms with Crippen LogP contribution in [0.1, 0.15) is 74.4 Å². The third kappa shape index (κ3) is 6.57. The van der Waals surface area contributed by atoms with Gasteiger partial charge in [0.05, 0.1) is 12.2 Å². The zero-order valence-electron chi connectivity index (χ0n) is 19.4. The van der Waals surface area contributed by atoms with Gasteiger partial charge in [0.25, 0.3) is 0 Å². The molecule has 2 aromatic carbocycles. The summed E-state index contributed by atoms with van der Waals surface area (Å²) in [6.07, 6.45) is 1.94. The van der Waals surface area contributed by atoms with Gasteiger partial charge in [0.1, 0.15) is 11.4 Å². The maximum atomic E-state index is 13.3. The van der Waals surface area contributed by atoms with E-state index in [1.165, 1.54) is 0 Å². The number of hydrogen-bond acceptors (Lipinski definition) is 5. The fourth-order valence-corrected chi connectivity index (χ4v) is 3.59. The Kier molecular flexibility index (Phi) is 7.91. The highest BCUT2D eigenvalue weighted by Gasteiger charge is 2.25. The van der Waals surface area contributed by atoms with Gasteiger partial charge in [-0.3, -0.25) is 4.79 Å². The minimum absolute atomic E-state index is 0.106. The Morgan fingerprint density at radius 3 is 2.50 bits per heavy atom. The van der Waals surface area contributed by atoms with Crippen molar-refractivity contribution < 1.29 is 23.8 Å². The topological polar surface area (TPSA) is 73.9 Å². The lowest BCUT2D eigenvalue weighted by atomic mass is 9.94. The number of rotatable bonds is 7. The van der Waals surface area contributed by atoms with E-state index in [9.17, 15) is 9.59 Å². The average molecular weight is 440 g/mol. The monoisotopic (exact) mass is 439 g/mol. The van der Waals surface area contributed by atoms with Crippen molar-refractivity contribution in [2.45, 2.75) is 64.8 Å². The number of ether oxygens (including phenoxy) is 3. The fourth-order valence-electron chi connectivity index (χ4n) is 3.59. The van der Waals surface area contributed by atoms with Crippen molar-refractivity contribution >= 4 is 11.9 Å². The van der Waals surface area contributed by atoms with E-state index >= 15 is 0 Å². The molecule has 1 heterocycles. The van der Waals surface area contributed by atoms with Gasteiger partial charge in [-0.05, 0) is 45.2 Å². The van der Waals surface area contributed by atoms with E-state index in [0.717, 1.165) is 24.8 Å². The van der Waals surface area contributed by atoms with Crippen molar-refractivity contribution in [3.05, 3.63) is 65.2 Å². The lowest BCUT2D eigenvalue weighted by Gasteiger charge is -2.27. The molecule has 6 heteroatoms. The van der Waals surface area contributed by atoms with Gasteiger partial charge in [0.2, 0.25) is 0 Å². The van der Waals surface area contributed by atoms with Crippen LogP contribution in [-0.4, -0.2) is 36.9 Å². The van der Waals surface area contributed by atoms with Crippen LogP contribution in [0.25, 0.3) is 0 Å². The van der Waals surface area contributed by atoms with Crippen molar-refractivity contribution in [2.24, 2.45) is 0 Å². The Morgan fingerprint density at radius 1 is 1.09 bits per heavy atom. The van der Waals surface area contributed by atoms with Gasteiger partial charge in [-0.25, -0.2) is 4.79 Å². The maximum Gasteiger partial charge on any atom is 0.407 e. The fraction of sp³-hybridized carbons (Fsp3) is 0.462. The normalized spacial score (nSPS) is 17.3. The molecule has 1 amide bonds. The number of para-hydroxylation sites is 1. The highest BCUT2D eigenvalue weighted by molar-refractivity contribution is 6.11. The molecular weight excluding hydrogens is 406 g/mol. The van der Waals surface area contributed by atoms with Crippen LogP contribution in [0.5, 0.6) is 5.75 Å². The Bertz CT molecular complexity index is 914. The van der Waals surface area contributed by atoms with Gasteiger partial charge < -0.3 is 19.5 Å². The van der Waals surface area contributed by atoms with Crippen molar-refractivity contribution in [1.29, 1.82) is 0 Å². The van der Waals surface area contributed by atoms with Crippen LogP contribution in [-0.2, 0) is 9.47 Å². The molecule has 0 aromatic heterocycles. The number of alkyl carbamates (subject to hydrolysis) is 1. The van der Waals surface area contributed by atoms with Gasteiger partial charge in [-0.2, -0.15) is 0 Å². The summed E-state index contributed by atoms with van der Waals surface area (Å²) in [5, 5.41) is 2.82. The SMILES string of the molecule is CC(CNC(=O)OC(C)(C)C)c1cccc(C(=O)c2ccccc2)c1O[C@H]1CCCCO1. The molecule has 1 N–H and O–H groups in total. The van der Waals surface area contributed by atoms with Crippen LogP contribution in [0.4, 0.5) is 4.79 Å². The number of carbonyl (C=O) groups is 2. The molecule has 1 fully saturated rings. The summed E-state index contributed by atoms with van der Waals surface area (Å²) in [5.41, 5.74) is 1.37. The van der Waals surface area contributed by atoms with Crippen LogP contribution < -0.4 is 10.1 Å². The summed E-state index contributed by atoms with van der Waals surface area (Å²) in [6, 6.07) is 14.7. The minimum atomic E-state index is -0.568. The third-order valence-electron chi connectivity index (χ3n) is 5.20. The Hall–Kier alpha value is -2.86. The summed E-state index contributed by atoms with van der Waals surface area (Å²) < 4.78 is 17.4. The molecule has 0 saturated carbocycles. The molecule has 0 bridgehead atoms. The number of benzene rings is 2. The second-order valence-electron chi connectivity index (χ2n) is 9.12. The average Bonchev–Trinajstić information content (AvgIpc) is 2.77. The van der Waals surface area contributed by atoms with E-state index in [1.54, 1.807) is 18.2 Å². The largest absolute Gasteiger partial charge is 0.464 e. The number of amides is 1. The first-order valence-electron chi connectivity index (χ1n) is 11.2. The molecule has 1 unspecified atom stereocenters. The van der Waals surface area contributed by atoms with Crippen LogP contribution in [0.3, 0.4) is 0 Å². The highest BCUT2D eigenvalue weighted by Crippen LogP contribution is 2.34. The Morgan fingerprint density at radius 2 is 1.84 bits per heavy atom. The van der Waals surface area contributed by atoms with Crippen molar-refractivity contribution in [2.75, 3.05) is 13.2 Å². The van der Waals surface area contributed by atoms with Crippen molar-refractivity contribution in [3.63, 3.8) is 0 Å². The third-order valence-corrected chi connectivity index (χ3v) is 5.20. The molecule has 1 saturated heterocycles. The number of carbonyl (C=O) groups excluding carboxylic acids is 2. The lowest BCUT2D eigenvalue weighted by molar-refractivity contribution is -0.106. The zero-order chi connectivity index (χ0) is 23.1. The maximum absolute atomic E-state index is 13.3. The van der Waals surface area contributed by atoms with Crippen molar-refractivity contribution in [3.8, 4) is 5.75 Å². The summed E-state index contributed by atoms with van der Waals surface area (Å²) in [5.74, 6) is 0.307. The number of nitrogens with one attached hydrogen (secondary N) is 1. The van der Waals surface area contributed by atoms with Crippen LogP contribution in [0.2, 0.25) is 0 Å². The molecule has 32 heavy (non-hydrogen) atoms. The summed E-state index contributed by atoms with van der Waals surface area (Å²) in [6.45, 7) is 8.45. The van der Waals surface area contributed by atoms with E-state index in [4.69, 9.17) is 14.2 Å². The standard InChI is InChI=1S/C26H33NO5/c1-18(17-27-25(29)32-26(2,3)4)20-13-10-14-21(23(28)19-11-6-5-7-12-19)24(20)31-22-15-8-9-16-30-22/h5-7,10-14,18,22H,8-9,15-17H2,1-4H3,(H,27,29)/t18?,22-/m0/s1. The van der Waals surface area contributed by atoms with E-state index < -0.39 is 18.0 Å². The van der Waals surface area contributed by atoms with Crippen LogP contribution >= 0.6 is 0 Å². The van der Waals surface area contributed by atoms with Crippen LogP contribution in [0, 0.1) is 0 Å². The van der Waals surface area contributed by atoms with Gasteiger partial charge in [0.15, 0.2) is 12.1 Å². The van der Waals surface area contributed by atoms with Gasteiger partial charge in [-0.15, -0.1) is 0 Å².